The first-order valence-electron chi connectivity index (χ1n) is 6.53. The molecule has 0 aliphatic rings. The van der Waals surface area contributed by atoms with Crippen molar-refractivity contribution in [3.8, 4) is 0 Å². The number of rotatable bonds is 5. The van der Waals surface area contributed by atoms with Crippen LogP contribution in [0.3, 0.4) is 0 Å². The maximum atomic E-state index is 12.5. The van der Waals surface area contributed by atoms with Gasteiger partial charge >= 0.3 is 0 Å². The topological polar surface area (TPSA) is 58.2 Å². The predicted octanol–water partition coefficient (Wildman–Crippen LogP) is 2.88. The highest BCUT2D eigenvalue weighted by atomic mass is 79.9. The van der Waals surface area contributed by atoms with Gasteiger partial charge in [-0.2, -0.15) is 0 Å². The summed E-state index contributed by atoms with van der Waals surface area (Å²) in [5, 5.41) is 3.02. The van der Waals surface area contributed by atoms with Crippen molar-refractivity contribution in [2.24, 2.45) is 5.41 Å². The Labute approximate surface area is 130 Å². The number of benzene rings is 1. The molecule has 0 aliphatic heterocycles. The summed E-state index contributed by atoms with van der Waals surface area (Å²) in [7, 11) is -1.71. The van der Waals surface area contributed by atoms with E-state index in [9.17, 15) is 8.42 Å². The van der Waals surface area contributed by atoms with Crippen LogP contribution in [0.4, 0.5) is 0 Å². The standard InChI is InChI=1S/C14H23BrN2O2S/c1-10(14(2,3)4)17-20(18,19)13-8-11(9-16-5)6-7-12(13)15/h6-8,10,16-17H,9H2,1-5H3. The van der Waals surface area contributed by atoms with Gasteiger partial charge < -0.3 is 5.32 Å². The van der Waals surface area contributed by atoms with Gasteiger partial charge in [0.25, 0.3) is 0 Å². The molecule has 1 unspecified atom stereocenters. The lowest BCUT2D eigenvalue weighted by Gasteiger charge is -2.28. The SMILES string of the molecule is CNCc1ccc(Br)c(S(=O)(=O)NC(C)C(C)(C)C)c1. The third kappa shape index (κ3) is 4.55. The van der Waals surface area contributed by atoms with Crippen LogP contribution < -0.4 is 10.0 Å². The van der Waals surface area contributed by atoms with E-state index in [2.05, 4.69) is 26.0 Å². The van der Waals surface area contributed by atoms with Crippen LogP contribution in [-0.4, -0.2) is 21.5 Å². The summed E-state index contributed by atoms with van der Waals surface area (Å²) in [6.07, 6.45) is 0. The van der Waals surface area contributed by atoms with E-state index in [0.717, 1.165) is 5.56 Å². The minimum atomic E-state index is -3.54. The van der Waals surface area contributed by atoms with Gasteiger partial charge in [-0.05, 0) is 53.0 Å². The second kappa shape index (κ2) is 6.56. The second-order valence-corrected chi connectivity index (χ2v) is 8.54. The van der Waals surface area contributed by atoms with Crippen LogP contribution in [0.2, 0.25) is 0 Å². The fourth-order valence-corrected chi connectivity index (χ4v) is 4.00. The van der Waals surface area contributed by atoms with Crippen LogP contribution in [-0.2, 0) is 16.6 Å². The Morgan fingerprint density at radius 2 is 1.90 bits per heavy atom. The summed E-state index contributed by atoms with van der Waals surface area (Å²) in [5.41, 5.74) is 0.793. The van der Waals surface area contributed by atoms with Crippen LogP contribution in [0.15, 0.2) is 27.6 Å². The molecule has 114 valence electrons. The van der Waals surface area contributed by atoms with Crippen LogP contribution in [0, 0.1) is 5.41 Å². The van der Waals surface area contributed by atoms with Gasteiger partial charge in [0, 0.05) is 17.1 Å². The van der Waals surface area contributed by atoms with Gasteiger partial charge in [-0.1, -0.05) is 26.8 Å². The predicted molar refractivity (Wildman–Crippen MR) is 86.1 cm³/mol. The summed E-state index contributed by atoms with van der Waals surface area (Å²) in [6, 6.07) is 5.20. The second-order valence-electron chi connectivity index (χ2n) is 6.00. The molecule has 0 spiro atoms. The van der Waals surface area contributed by atoms with Gasteiger partial charge in [-0.3, -0.25) is 0 Å². The van der Waals surface area contributed by atoms with E-state index in [1.54, 1.807) is 12.1 Å². The molecule has 0 amide bonds. The van der Waals surface area contributed by atoms with Crippen LogP contribution in [0.25, 0.3) is 0 Å². The maximum Gasteiger partial charge on any atom is 0.241 e. The molecule has 0 bridgehead atoms. The summed E-state index contributed by atoms with van der Waals surface area (Å²) >= 11 is 3.32. The maximum absolute atomic E-state index is 12.5. The van der Waals surface area contributed by atoms with E-state index in [-0.39, 0.29) is 16.4 Å². The van der Waals surface area contributed by atoms with Gasteiger partial charge in [-0.25, -0.2) is 13.1 Å². The molecule has 1 aromatic carbocycles. The molecular formula is C14H23BrN2O2S. The van der Waals surface area contributed by atoms with Gasteiger partial charge in [0.15, 0.2) is 0 Å². The number of hydrogen-bond acceptors (Lipinski definition) is 3. The monoisotopic (exact) mass is 362 g/mol. The number of sulfonamides is 1. The van der Waals surface area contributed by atoms with Crippen molar-refractivity contribution in [3.05, 3.63) is 28.2 Å². The molecule has 0 radical (unpaired) electrons. The summed E-state index contributed by atoms with van der Waals surface area (Å²) < 4.78 is 28.3. The zero-order valence-electron chi connectivity index (χ0n) is 12.6. The van der Waals surface area contributed by atoms with Gasteiger partial charge in [0.2, 0.25) is 10.0 Å². The van der Waals surface area contributed by atoms with Gasteiger partial charge in [0.05, 0.1) is 4.90 Å². The van der Waals surface area contributed by atoms with E-state index >= 15 is 0 Å². The normalized spacial score (nSPS) is 14.3. The molecule has 6 heteroatoms. The zero-order chi connectivity index (χ0) is 15.6. The van der Waals surface area contributed by atoms with Crippen LogP contribution >= 0.6 is 15.9 Å². The third-order valence-corrected chi connectivity index (χ3v) is 5.83. The Hall–Kier alpha value is -0.430. The average molecular weight is 363 g/mol. The van der Waals surface area contributed by atoms with E-state index in [4.69, 9.17) is 0 Å². The Kier molecular flexibility index (Phi) is 5.78. The highest BCUT2D eigenvalue weighted by Crippen LogP contribution is 2.26. The summed E-state index contributed by atoms with van der Waals surface area (Å²) in [5.74, 6) is 0. The number of halogens is 1. The first kappa shape index (κ1) is 17.6. The van der Waals surface area contributed by atoms with Crippen molar-refractivity contribution < 1.29 is 8.42 Å². The number of hydrogen-bond donors (Lipinski definition) is 2. The van der Waals surface area contributed by atoms with Crippen molar-refractivity contribution in [3.63, 3.8) is 0 Å². The average Bonchev–Trinajstić information content (AvgIpc) is 2.30. The Morgan fingerprint density at radius 3 is 2.40 bits per heavy atom. The molecule has 0 fully saturated rings. The first-order valence-corrected chi connectivity index (χ1v) is 8.81. The van der Waals surface area contributed by atoms with Crippen molar-refractivity contribution in [2.75, 3.05) is 7.05 Å². The molecule has 1 rings (SSSR count). The molecule has 0 aromatic heterocycles. The lowest BCUT2D eigenvalue weighted by Crippen LogP contribution is -2.41. The minimum absolute atomic E-state index is 0.137. The molecule has 20 heavy (non-hydrogen) atoms. The molecule has 2 N–H and O–H groups in total. The molecule has 0 saturated heterocycles. The smallest absolute Gasteiger partial charge is 0.241 e. The third-order valence-electron chi connectivity index (χ3n) is 3.30. The first-order chi connectivity index (χ1) is 9.08. The molecule has 1 aromatic rings. The fourth-order valence-electron chi connectivity index (χ4n) is 1.54. The Morgan fingerprint density at radius 1 is 1.30 bits per heavy atom. The van der Waals surface area contributed by atoms with Crippen molar-refractivity contribution in [1.82, 2.24) is 10.0 Å². The van der Waals surface area contributed by atoms with Crippen molar-refractivity contribution in [1.29, 1.82) is 0 Å². The highest BCUT2D eigenvalue weighted by molar-refractivity contribution is 9.10. The lowest BCUT2D eigenvalue weighted by atomic mass is 9.89. The molecule has 0 saturated carbocycles. The van der Waals surface area contributed by atoms with Crippen LogP contribution in [0.1, 0.15) is 33.3 Å². The Bertz CT molecular complexity index is 565. The molecule has 4 nitrogen and oxygen atoms in total. The molecule has 0 aliphatic carbocycles. The van der Waals surface area contributed by atoms with E-state index in [0.29, 0.717) is 11.0 Å². The van der Waals surface area contributed by atoms with E-state index < -0.39 is 10.0 Å². The minimum Gasteiger partial charge on any atom is -0.316 e. The summed E-state index contributed by atoms with van der Waals surface area (Å²) in [6.45, 7) is 8.53. The highest BCUT2D eigenvalue weighted by Gasteiger charge is 2.27. The van der Waals surface area contributed by atoms with E-state index in [1.165, 1.54) is 0 Å². The fraction of sp³-hybridized carbons (Fsp3) is 0.571. The Balaban J connectivity index is 3.12. The van der Waals surface area contributed by atoms with Crippen LogP contribution in [0.5, 0.6) is 0 Å². The van der Waals surface area contributed by atoms with Crippen molar-refractivity contribution in [2.45, 2.75) is 45.2 Å². The molecular weight excluding hydrogens is 340 g/mol. The molecule has 0 heterocycles. The number of nitrogens with one attached hydrogen (secondary N) is 2. The quantitative estimate of drug-likeness (QED) is 0.846. The van der Waals surface area contributed by atoms with Crippen molar-refractivity contribution >= 4 is 26.0 Å². The lowest BCUT2D eigenvalue weighted by molar-refractivity contribution is 0.317. The summed E-state index contributed by atoms with van der Waals surface area (Å²) in [4.78, 5) is 0.279. The van der Waals surface area contributed by atoms with E-state index in [1.807, 2.05) is 40.8 Å². The van der Waals surface area contributed by atoms with Gasteiger partial charge in [0.1, 0.15) is 0 Å². The largest absolute Gasteiger partial charge is 0.316 e. The zero-order valence-corrected chi connectivity index (χ0v) is 15.0. The molecule has 1 atom stereocenters. The van der Waals surface area contributed by atoms with Gasteiger partial charge in [-0.15, -0.1) is 0 Å².